The van der Waals surface area contributed by atoms with Crippen molar-refractivity contribution in [3.05, 3.63) is 0 Å². The molecule has 0 amide bonds. The first kappa shape index (κ1) is 13.0. The minimum Gasteiger partial charge on any atom is -0.378 e. The summed E-state index contributed by atoms with van der Waals surface area (Å²) >= 11 is 0. The Morgan fingerprint density at radius 2 is 2.07 bits per heavy atom. The fourth-order valence-corrected chi connectivity index (χ4v) is 2.18. The smallest absolute Gasteiger partial charge is 0.0615 e. The van der Waals surface area contributed by atoms with Crippen molar-refractivity contribution in [1.82, 2.24) is 5.32 Å². The van der Waals surface area contributed by atoms with Gasteiger partial charge in [-0.15, -0.1) is 0 Å². The van der Waals surface area contributed by atoms with Gasteiger partial charge < -0.3 is 10.1 Å². The lowest BCUT2D eigenvalue weighted by molar-refractivity contribution is -0.0318. The minimum atomic E-state index is 0.230. The summed E-state index contributed by atoms with van der Waals surface area (Å²) in [6, 6.07) is 0. The zero-order chi connectivity index (χ0) is 11.3. The van der Waals surface area contributed by atoms with Crippen molar-refractivity contribution in [3.8, 4) is 0 Å². The van der Waals surface area contributed by atoms with E-state index < -0.39 is 0 Å². The third kappa shape index (κ3) is 4.98. The Labute approximate surface area is 94.8 Å². The SMILES string of the molecule is CCCC1OCCCC1CNC(C)(C)C. The summed E-state index contributed by atoms with van der Waals surface area (Å²) in [4.78, 5) is 0. The number of ether oxygens (including phenoxy) is 1. The summed E-state index contributed by atoms with van der Waals surface area (Å²) in [5, 5.41) is 3.60. The second-order valence-corrected chi connectivity index (χ2v) is 5.73. The van der Waals surface area contributed by atoms with Gasteiger partial charge in [0.1, 0.15) is 0 Å². The fourth-order valence-electron chi connectivity index (χ4n) is 2.18. The van der Waals surface area contributed by atoms with Crippen LogP contribution in [0.2, 0.25) is 0 Å². The molecule has 2 atom stereocenters. The molecule has 1 aliphatic heterocycles. The highest BCUT2D eigenvalue weighted by atomic mass is 16.5. The zero-order valence-corrected chi connectivity index (χ0v) is 10.8. The summed E-state index contributed by atoms with van der Waals surface area (Å²) < 4.78 is 5.86. The van der Waals surface area contributed by atoms with E-state index in [1.54, 1.807) is 0 Å². The summed E-state index contributed by atoms with van der Waals surface area (Å²) in [7, 11) is 0. The zero-order valence-electron chi connectivity index (χ0n) is 10.8. The normalized spacial score (nSPS) is 28.0. The van der Waals surface area contributed by atoms with E-state index in [9.17, 15) is 0 Å². The molecule has 90 valence electrons. The standard InChI is InChI=1S/C13H27NO/c1-5-7-12-11(8-6-9-15-12)10-14-13(2,3)4/h11-12,14H,5-10H2,1-4H3. The molecule has 0 aromatic heterocycles. The summed E-state index contributed by atoms with van der Waals surface area (Å²) in [6.45, 7) is 11.0. The van der Waals surface area contributed by atoms with Gasteiger partial charge in [-0.3, -0.25) is 0 Å². The van der Waals surface area contributed by atoms with Crippen molar-refractivity contribution in [3.63, 3.8) is 0 Å². The number of nitrogens with one attached hydrogen (secondary N) is 1. The molecular weight excluding hydrogens is 186 g/mol. The van der Waals surface area contributed by atoms with Crippen molar-refractivity contribution in [2.75, 3.05) is 13.2 Å². The van der Waals surface area contributed by atoms with Crippen LogP contribution in [0.3, 0.4) is 0 Å². The maximum atomic E-state index is 5.86. The lowest BCUT2D eigenvalue weighted by atomic mass is 9.90. The predicted octanol–water partition coefficient (Wildman–Crippen LogP) is 2.97. The Morgan fingerprint density at radius 3 is 2.67 bits per heavy atom. The first-order valence-electron chi connectivity index (χ1n) is 6.39. The molecule has 1 aliphatic rings. The van der Waals surface area contributed by atoms with Gasteiger partial charge in [-0.25, -0.2) is 0 Å². The highest BCUT2D eigenvalue weighted by Gasteiger charge is 2.26. The van der Waals surface area contributed by atoms with E-state index in [1.807, 2.05) is 0 Å². The van der Waals surface area contributed by atoms with Crippen molar-refractivity contribution >= 4 is 0 Å². The summed E-state index contributed by atoms with van der Waals surface area (Å²) in [6.07, 6.45) is 5.51. The molecule has 15 heavy (non-hydrogen) atoms. The molecule has 1 heterocycles. The van der Waals surface area contributed by atoms with E-state index in [4.69, 9.17) is 4.74 Å². The molecule has 1 saturated heterocycles. The van der Waals surface area contributed by atoms with Gasteiger partial charge >= 0.3 is 0 Å². The highest BCUT2D eigenvalue weighted by molar-refractivity contribution is 4.80. The molecule has 1 rings (SSSR count). The fraction of sp³-hybridized carbons (Fsp3) is 1.00. The molecule has 1 fully saturated rings. The van der Waals surface area contributed by atoms with Crippen LogP contribution in [0, 0.1) is 5.92 Å². The van der Waals surface area contributed by atoms with Crippen LogP contribution in [0.1, 0.15) is 53.4 Å². The largest absolute Gasteiger partial charge is 0.378 e. The van der Waals surface area contributed by atoms with E-state index in [2.05, 4.69) is 33.0 Å². The average molecular weight is 213 g/mol. The Bertz CT molecular complexity index is 172. The van der Waals surface area contributed by atoms with Gasteiger partial charge in [0.15, 0.2) is 0 Å². The van der Waals surface area contributed by atoms with Gasteiger partial charge in [0.25, 0.3) is 0 Å². The lowest BCUT2D eigenvalue weighted by Crippen LogP contribution is -2.43. The van der Waals surface area contributed by atoms with E-state index in [0.717, 1.165) is 19.1 Å². The van der Waals surface area contributed by atoms with Crippen LogP contribution in [0.25, 0.3) is 0 Å². The van der Waals surface area contributed by atoms with Crippen LogP contribution in [-0.2, 0) is 4.74 Å². The summed E-state index contributed by atoms with van der Waals surface area (Å²) in [5.74, 6) is 0.720. The second kappa shape index (κ2) is 5.86. The number of hydrogen-bond acceptors (Lipinski definition) is 2. The molecule has 0 aromatic carbocycles. The van der Waals surface area contributed by atoms with Crippen LogP contribution in [0.15, 0.2) is 0 Å². The Hall–Kier alpha value is -0.0800. The van der Waals surface area contributed by atoms with Crippen LogP contribution >= 0.6 is 0 Å². The molecule has 1 N–H and O–H groups in total. The van der Waals surface area contributed by atoms with Crippen molar-refractivity contribution in [1.29, 1.82) is 0 Å². The van der Waals surface area contributed by atoms with E-state index in [-0.39, 0.29) is 5.54 Å². The maximum Gasteiger partial charge on any atom is 0.0615 e. The van der Waals surface area contributed by atoms with Crippen LogP contribution in [0.4, 0.5) is 0 Å². The average Bonchev–Trinajstić information content (AvgIpc) is 2.16. The lowest BCUT2D eigenvalue weighted by Gasteiger charge is -2.34. The van der Waals surface area contributed by atoms with E-state index in [0.29, 0.717) is 6.10 Å². The van der Waals surface area contributed by atoms with Gasteiger partial charge in [0.2, 0.25) is 0 Å². The monoisotopic (exact) mass is 213 g/mol. The van der Waals surface area contributed by atoms with Gasteiger partial charge in [-0.1, -0.05) is 13.3 Å². The molecule has 2 nitrogen and oxygen atoms in total. The first-order valence-corrected chi connectivity index (χ1v) is 6.39. The molecule has 0 bridgehead atoms. The molecular formula is C13H27NO. The molecule has 2 unspecified atom stereocenters. The van der Waals surface area contributed by atoms with Gasteiger partial charge in [-0.05, 0) is 46.0 Å². The molecule has 0 saturated carbocycles. The quantitative estimate of drug-likeness (QED) is 0.775. The second-order valence-electron chi connectivity index (χ2n) is 5.73. The Balaban J connectivity index is 2.35. The number of hydrogen-bond donors (Lipinski definition) is 1. The van der Waals surface area contributed by atoms with Crippen LogP contribution in [0.5, 0.6) is 0 Å². The number of rotatable bonds is 4. The van der Waals surface area contributed by atoms with Crippen molar-refractivity contribution < 1.29 is 4.74 Å². The predicted molar refractivity (Wildman–Crippen MR) is 65.1 cm³/mol. The first-order chi connectivity index (χ1) is 7.03. The van der Waals surface area contributed by atoms with E-state index >= 15 is 0 Å². The van der Waals surface area contributed by atoms with Crippen LogP contribution < -0.4 is 5.32 Å². The molecule has 0 radical (unpaired) electrons. The van der Waals surface area contributed by atoms with E-state index in [1.165, 1.54) is 25.7 Å². The maximum absolute atomic E-state index is 5.86. The van der Waals surface area contributed by atoms with Crippen molar-refractivity contribution in [2.45, 2.75) is 65.0 Å². The molecule has 2 heteroatoms. The molecule has 0 spiro atoms. The molecule has 0 aliphatic carbocycles. The van der Waals surface area contributed by atoms with Crippen LogP contribution in [-0.4, -0.2) is 24.8 Å². The van der Waals surface area contributed by atoms with Gasteiger partial charge in [0.05, 0.1) is 6.10 Å². The Kier molecular flexibility index (Phi) is 5.07. The minimum absolute atomic E-state index is 0.230. The highest BCUT2D eigenvalue weighted by Crippen LogP contribution is 2.24. The summed E-state index contributed by atoms with van der Waals surface area (Å²) in [5.41, 5.74) is 0.230. The van der Waals surface area contributed by atoms with Gasteiger partial charge in [0, 0.05) is 18.7 Å². The third-order valence-corrected chi connectivity index (χ3v) is 3.04. The van der Waals surface area contributed by atoms with Crippen molar-refractivity contribution in [2.24, 2.45) is 5.92 Å². The molecule has 0 aromatic rings. The Morgan fingerprint density at radius 1 is 1.33 bits per heavy atom. The topological polar surface area (TPSA) is 21.3 Å². The third-order valence-electron chi connectivity index (χ3n) is 3.04. The van der Waals surface area contributed by atoms with Gasteiger partial charge in [-0.2, -0.15) is 0 Å².